The summed E-state index contributed by atoms with van der Waals surface area (Å²) in [5.74, 6) is -1.72. The molecule has 42 heavy (non-hydrogen) atoms. The highest BCUT2D eigenvalue weighted by atomic mass is 35.5. The lowest BCUT2D eigenvalue weighted by Crippen LogP contribution is -2.46. The number of halogens is 2. The van der Waals surface area contributed by atoms with Crippen molar-refractivity contribution in [2.45, 2.75) is 45.4 Å². The molecule has 2 aliphatic heterocycles. The number of piperazine rings is 1. The highest BCUT2D eigenvalue weighted by molar-refractivity contribution is 6.43. The first-order chi connectivity index (χ1) is 20.1. The molecule has 0 aliphatic carbocycles. The monoisotopic (exact) mass is 618 g/mol. The van der Waals surface area contributed by atoms with E-state index in [9.17, 15) is 14.4 Å². The van der Waals surface area contributed by atoms with Crippen LogP contribution in [0.15, 0.2) is 36.4 Å². The number of carboxylic acid groups (broad SMARTS) is 1. The van der Waals surface area contributed by atoms with Gasteiger partial charge in [-0.05, 0) is 49.6 Å². The van der Waals surface area contributed by atoms with Gasteiger partial charge in [-0.1, -0.05) is 49.2 Å². The molecule has 2 heterocycles. The van der Waals surface area contributed by atoms with E-state index >= 15 is 0 Å². The average Bonchev–Trinajstić information content (AvgIpc) is 2.97. The maximum Gasteiger partial charge on any atom is 0.306 e. The van der Waals surface area contributed by atoms with Crippen LogP contribution in [0.25, 0.3) is 0 Å². The second kappa shape index (κ2) is 14.9. The molecule has 4 rings (SSSR count). The van der Waals surface area contributed by atoms with Gasteiger partial charge in [0.2, 0.25) is 11.8 Å². The summed E-state index contributed by atoms with van der Waals surface area (Å²) in [5, 5.41) is 16.1. The van der Waals surface area contributed by atoms with Gasteiger partial charge in [0.05, 0.1) is 28.3 Å². The van der Waals surface area contributed by atoms with Gasteiger partial charge in [-0.3, -0.25) is 19.3 Å². The molecule has 228 valence electrons. The van der Waals surface area contributed by atoms with Crippen LogP contribution in [-0.2, 0) is 14.4 Å². The van der Waals surface area contributed by atoms with Crippen molar-refractivity contribution in [1.82, 2.24) is 10.2 Å². The maximum absolute atomic E-state index is 12.5. The lowest BCUT2D eigenvalue weighted by molar-refractivity contribution is -0.142. The third kappa shape index (κ3) is 8.52. The summed E-state index contributed by atoms with van der Waals surface area (Å²) in [5.41, 5.74) is 2.65. The Hall–Kier alpha value is -3.01. The van der Waals surface area contributed by atoms with E-state index in [1.807, 2.05) is 36.4 Å². The van der Waals surface area contributed by atoms with Crippen LogP contribution in [0.2, 0.25) is 10.0 Å². The Morgan fingerprint density at radius 1 is 1.10 bits per heavy atom. The van der Waals surface area contributed by atoms with E-state index in [4.69, 9.17) is 33.0 Å². The van der Waals surface area contributed by atoms with Crippen molar-refractivity contribution >= 4 is 52.4 Å². The second-order valence-corrected chi connectivity index (χ2v) is 12.1. The number of unbranched alkanes of at least 4 members (excludes halogenated alkanes) is 1. The third-order valence-corrected chi connectivity index (χ3v) is 8.86. The van der Waals surface area contributed by atoms with E-state index in [0.29, 0.717) is 34.6 Å². The van der Waals surface area contributed by atoms with E-state index in [-0.39, 0.29) is 30.6 Å². The summed E-state index contributed by atoms with van der Waals surface area (Å²) in [6.07, 6.45) is 2.47. The van der Waals surface area contributed by atoms with Crippen LogP contribution in [0.4, 0.5) is 11.4 Å². The number of carbonyl (C=O) groups excluding carboxylic acids is 2. The summed E-state index contributed by atoms with van der Waals surface area (Å²) >= 11 is 12.6. The van der Waals surface area contributed by atoms with Crippen molar-refractivity contribution < 1.29 is 24.2 Å². The Kier molecular flexibility index (Phi) is 11.4. The number of benzene rings is 2. The molecule has 0 spiro atoms. The Morgan fingerprint density at radius 2 is 1.86 bits per heavy atom. The van der Waals surface area contributed by atoms with Crippen LogP contribution in [0.5, 0.6) is 5.75 Å². The normalized spacial score (nSPS) is 18.5. The van der Waals surface area contributed by atoms with E-state index in [0.717, 1.165) is 56.8 Å². The van der Waals surface area contributed by atoms with Gasteiger partial charge in [0.25, 0.3) is 0 Å². The SMILES string of the molecule is CC(CC(C)C(=O)NCC1CC(=O)Nc2cc(OCCCCN3CCN(c4cccc(Cl)c4Cl)CC3)ccc21)C(=O)O. The van der Waals surface area contributed by atoms with Crippen LogP contribution in [0.1, 0.15) is 51.0 Å². The molecule has 1 saturated heterocycles. The fraction of sp³-hybridized carbons (Fsp3) is 0.516. The third-order valence-electron chi connectivity index (χ3n) is 8.05. The minimum absolute atomic E-state index is 0.107. The minimum Gasteiger partial charge on any atom is -0.494 e. The number of hydrogen-bond donors (Lipinski definition) is 3. The van der Waals surface area contributed by atoms with Gasteiger partial charge in [-0.15, -0.1) is 0 Å². The number of nitrogens with one attached hydrogen (secondary N) is 2. The number of carboxylic acids is 1. The molecule has 3 atom stereocenters. The smallest absolute Gasteiger partial charge is 0.306 e. The Balaban J connectivity index is 1.18. The predicted molar refractivity (Wildman–Crippen MR) is 166 cm³/mol. The molecular formula is C31H40Cl2N4O5. The zero-order chi connectivity index (χ0) is 30.2. The Labute approximate surface area is 257 Å². The number of anilines is 2. The summed E-state index contributed by atoms with van der Waals surface area (Å²) in [7, 11) is 0. The van der Waals surface area contributed by atoms with E-state index in [1.54, 1.807) is 13.8 Å². The van der Waals surface area contributed by atoms with Gasteiger partial charge in [0.15, 0.2) is 0 Å². The quantitative estimate of drug-likeness (QED) is 0.262. The number of hydrogen-bond acceptors (Lipinski definition) is 6. The second-order valence-electron chi connectivity index (χ2n) is 11.3. The van der Waals surface area contributed by atoms with Crippen molar-refractivity contribution in [3.63, 3.8) is 0 Å². The van der Waals surface area contributed by atoms with E-state index in [2.05, 4.69) is 20.4 Å². The molecular weight excluding hydrogens is 579 g/mol. The number of nitrogens with zero attached hydrogens (tertiary/aromatic N) is 2. The Morgan fingerprint density at radius 3 is 2.60 bits per heavy atom. The highest BCUT2D eigenvalue weighted by Crippen LogP contribution is 2.35. The molecule has 2 aliphatic rings. The molecule has 11 heteroatoms. The van der Waals surface area contributed by atoms with Crippen LogP contribution in [-0.4, -0.2) is 73.7 Å². The summed E-state index contributed by atoms with van der Waals surface area (Å²) < 4.78 is 5.99. The fourth-order valence-electron chi connectivity index (χ4n) is 5.52. The van der Waals surface area contributed by atoms with Crippen molar-refractivity contribution in [1.29, 1.82) is 0 Å². The molecule has 0 aromatic heterocycles. The summed E-state index contributed by atoms with van der Waals surface area (Å²) in [6, 6.07) is 11.4. The maximum atomic E-state index is 12.5. The van der Waals surface area contributed by atoms with Gasteiger partial charge in [-0.2, -0.15) is 0 Å². The first-order valence-corrected chi connectivity index (χ1v) is 15.4. The zero-order valence-electron chi connectivity index (χ0n) is 24.2. The molecule has 1 fully saturated rings. The lowest BCUT2D eigenvalue weighted by atomic mass is 9.90. The lowest BCUT2D eigenvalue weighted by Gasteiger charge is -2.36. The molecule has 3 N–H and O–H groups in total. The van der Waals surface area contributed by atoms with Crippen molar-refractivity contribution in [3.8, 4) is 5.75 Å². The first-order valence-electron chi connectivity index (χ1n) is 14.6. The molecule has 0 bridgehead atoms. The molecule has 9 nitrogen and oxygen atoms in total. The predicted octanol–water partition coefficient (Wildman–Crippen LogP) is 5.26. The number of rotatable bonds is 13. The number of fused-ring (bicyclic) bond motifs is 1. The molecule has 0 radical (unpaired) electrons. The van der Waals surface area contributed by atoms with Crippen molar-refractivity contribution in [3.05, 3.63) is 52.0 Å². The molecule has 2 amide bonds. The van der Waals surface area contributed by atoms with Gasteiger partial charge in [-0.25, -0.2) is 0 Å². The molecule has 0 saturated carbocycles. The number of ether oxygens (including phenoxy) is 1. The summed E-state index contributed by atoms with van der Waals surface area (Å²) in [4.78, 5) is 40.7. The first kappa shape index (κ1) is 31.9. The van der Waals surface area contributed by atoms with Crippen LogP contribution < -0.4 is 20.3 Å². The number of carbonyl (C=O) groups is 3. The van der Waals surface area contributed by atoms with E-state index < -0.39 is 17.8 Å². The van der Waals surface area contributed by atoms with Crippen LogP contribution >= 0.6 is 23.2 Å². The number of amides is 2. The van der Waals surface area contributed by atoms with Crippen LogP contribution in [0, 0.1) is 11.8 Å². The molecule has 2 aromatic rings. The van der Waals surface area contributed by atoms with Crippen molar-refractivity contribution in [2.75, 3.05) is 56.1 Å². The highest BCUT2D eigenvalue weighted by Gasteiger charge is 2.27. The number of aliphatic carboxylic acids is 1. The van der Waals surface area contributed by atoms with Crippen molar-refractivity contribution in [2.24, 2.45) is 11.8 Å². The van der Waals surface area contributed by atoms with Gasteiger partial charge in [0.1, 0.15) is 5.75 Å². The summed E-state index contributed by atoms with van der Waals surface area (Å²) in [6.45, 7) is 8.96. The Bertz CT molecular complexity index is 1270. The minimum atomic E-state index is -0.916. The van der Waals surface area contributed by atoms with E-state index in [1.165, 1.54) is 0 Å². The molecule has 2 aromatic carbocycles. The molecule has 3 unspecified atom stereocenters. The van der Waals surface area contributed by atoms with Gasteiger partial charge < -0.3 is 25.4 Å². The largest absolute Gasteiger partial charge is 0.494 e. The fourth-order valence-corrected chi connectivity index (χ4v) is 5.93. The van der Waals surface area contributed by atoms with Crippen LogP contribution in [0.3, 0.4) is 0 Å². The van der Waals surface area contributed by atoms with Gasteiger partial charge >= 0.3 is 5.97 Å². The zero-order valence-corrected chi connectivity index (χ0v) is 25.7. The topological polar surface area (TPSA) is 111 Å². The standard InChI is InChI=1S/C31H40Cl2N4O5/c1-20(16-21(2)31(40)41)30(39)34-19-22-17-28(38)35-26-18-23(8-9-24(22)26)42-15-4-3-10-36-11-13-37(14-12-36)27-7-5-6-25(32)29(27)33/h5-9,18,20-22H,3-4,10-17,19H2,1-2H3,(H,34,39)(H,35,38)(H,40,41). The average molecular weight is 620 g/mol. The van der Waals surface area contributed by atoms with Gasteiger partial charge in [0, 0.05) is 62.7 Å².